The van der Waals surface area contributed by atoms with Crippen LogP contribution in [0.25, 0.3) is 11.0 Å². The monoisotopic (exact) mass is 506 g/mol. The van der Waals surface area contributed by atoms with Gasteiger partial charge in [0, 0.05) is 0 Å². The van der Waals surface area contributed by atoms with E-state index in [9.17, 15) is 0 Å². The molecule has 5 heteroatoms. The number of aromatic amines is 1. The first-order chi connectivity index (χ1) is 15.1. The summed E-state index contributed by atoms with van der Waals surface area (Å²) in [5.74, 6) is -2.51. The van der Waals surface area contributed by atoms with Crippen molar-refractivity contribution in [3.8, 4) is 0 Å². The van der Waals surface area contributed by atoms with Gasteiger partial charge >= 0.3 is 196 Å². The molecule has 0 saturated carbocycles. The van der Waals surface area contributed by atoms with Crippen molar-refractivity contribution in [2.45, 2.75) is 6.16 Å². The Bertz CT molecular complexity index is 1240. The van der Waals surface area contributed by atoms with Gasteiger partial charge in [-0.25, -0.2) is 0 Å². The second-order valence-electron chi connectivity index (χ2n) is 7.69. The van der Waals surface area contributed by atoms with E-state index in [0.29, 0.717) is 6.16 Å². The van der Waals surface area contributed by atoms with Crippen molar-refractivity contribution in [3.05, 3.63) is 119 Å². The van der Waals surface area contributed by atoms with E-state index in [2.05, 4.69) is 99.8 Å². The van der Waals surface area contributed by atoms with Crippen molar-refractivity contribution >= 4 is 60.1 Å². The van der Waals surface area contributed by atoms with Crippen LogP contribution < -0.4 is 15.9 Å². The normalized spacial score (nSPS) is 13.0. The molecule has 0 aliphatic rings. The van der Waals surface area contributed by atoms with Crippen LogP contribution >= 0.6 is 33.1 Å². The second kappa shape index (κ2) is 7.91. The standard InChI is InChI=1S/C26H21BrClN2P/c27-20-16-17-24-25(18-20)30-26(29-24)19-31(28,21-10-4-1-5-11-21,22-12-6-2-7-13-22)23-14-8-3-9-15-23/h1-18H,19H2,(H,29,30). The summed E-state index contributed by atoms with van der Waals surface area (Å²) in [6, 6.07) is 37.6. The number of fused-ring (bicyclic) bond motifs is 1. The second-order valence-corrected chi connectivity index (χ2v) is 15.1. The van der Waals surface area contributed by atoms with Crippen molar-refractivity contribution in [1.29, 1.82) is 0 Å². The maximum absolute atomic E-state index is 8.13. The Morgan fingerprint density at radius 3 is 1.68 bits per heavy atom. The molecule has 0 radical (unpaired) electrons. The Morgan fingerprint density at radius 2 is 1.19 bits per heavy atom. The van der Waals surface area contributed by atoms with E-state index in [0.717, 1.165) is 37.2 Å². The summed E-state index contributed by atoms with van der Waals surface area (Å²) in [5, 5.41) is 3.40. The number of aromatic nitrogens is 2. The van der Waals surface area contributed by atoms with Gasteiger partial charge in [-0.1, -0.05) is 0 Å². The van der Waals surface area contributed by atoms with E-state index in [1.165, 1.54) is 0 Å². The first kappa shape index (κ1) is 20.5. The van der Waals surface area contributed by atoms with Crippen LogP contribution in [0, 0.1) is 0 Å². The van der Waals surface area contributed by atoms with Gasteiger partial charge in [-0.3, -0.25) is 0 Å². The summed E-state index contributed by atoms with van der Waals surface area (Å²) in [5.41, 5.74) is 1.94. The zero-order valence-corrected chi connectivity index (χ0v) is 20.0. The van der Waals surface area contributed by atoms with Crippen LogP contribution in [0.2, 0.25) is 0 Å². The van der Waals surface area contributed by atoms with Crippen LogP contribution in [-0.2, 0) is 6.16 Å². The van der Waals surface area contributed by atoms with Crippen molar-refractivity contribution < 1.29 is 0 Å². The molecule has 0 atom stereocenters. The van der Waals surface area contributed by atoms with E-state index >= 15 is 0 Å². The van der Waals surface area contributed by atoms with Gasteiger partial charge < -0.3 is 0 Å². The number of nitrogens with one attached hydrogen (secondary N) is 1. The van der Waals surface area contributed by atoms with Gasteiger partial charge in [-0.2, -0.15) is 0 Å². The minimum atomic E-state index is -3.39. The van der Waals surface area contributed by atoms with Crippen LogP contribution in [-0.4, -0.2) is 9.97 Å². The van der Waals surface area contributed by atoms with Crippen molar-refractivity contribution in [3.63, 3.8) is 0 Å². The molecular formula is C26H21BrClN2P. The third kappa shape index (κ3) is 3.42. The summed E-state index contributed by atoms with van der Waals surface area (Å²) in [6.07, 6.45) is 0.595. The Kier molecular flexibility index (Phi) is 5.22. The maximum atomic E-state index is 8.13. The third-order valence-corrected chi connectivity index (χ3v) is 13.4. The van der Waals surface area contributed by atoms with Crippen molar-refractivity contribution in [1.82, 2.24) is 9.97 Å². The van der Waals surface area contributed by atoms with E-state index in [1.807, 2.05) is 30.3 Å². The van der Waals surface area contributed by atoms with Gasteiger partial charge in [0.2, 0.25) is 0 Å². The molecule has 5 rings (SSSR count). The molecule has 5 aromatic rings. The number of hydrogen-bond donors (Lipinski definition) is 1. The zero-order chi connectivity index (χ0) is 21.3. The Morgan fingerprint density at radius 1 is 0.710 bits per heavy atom. The molecule has 1 aromatic heterocycles. The molecule has 154 valence electrons. The summed E-state index contributed by atoms with van der Waals surface area (Å²) in [7, 11) is 0. The SMILES string of the molecule is ClP(Cc1nc2ccc(Br)cc2[nH]1)(c1ccccc1)(c1ccccc1)c1ccccc1. The summed E-state index contributed by atoms with van der Waals surface area (Å²) in [4.78, 5) is 8.47. The molecular weight excluding hydrogens is 487 g/mol. The fraction of sp³-hybridized carbons (Fsp3) is 0.0385. The molecule has 0 aliphatic heterocycles. The Balaban J connectivity index is 1.83. The first-order valence-corrected chi connectivity index (χ1v) is 14.2. The number of benzene rings is 4. The number of imidazole rings is 1. The van der Waals surface area contributed by atoms with Crippen LogP contribution in [0.15, 0.2) is 114 Å². The molecule has 0 spiro atoms. The zero-order valence-electron chi connectivity index (χ0n) is 16.7. The molecule has 0 aliphatic carbocycles. The number of nitrogens with zero attached hydrogens (tertiary/aromatic N) is 1. The molecule has 0 fully saturated rings. The van der Waals surface area contributed by atoms with E-state index < -0.39 is 5.96 Å². The van der Waals surface area contributed by atoms with E-state index in [-0.39, 0.29) is 0 Å². The van der Waals surface area contributed by atoms with Gasteiger partial charge in [0.05, 0.1) is 0 Å². The molecule has 0 unspecified atom stereocenters. The summed E-state index contributed by atoms with van der Waals surface area (Å²) < 4.78 is 1.02. The van der Waals surface area contributed by atoms with E-state index in [4.69, 9.17) is 16.2 Å². The van der Waals surface area contributed by atoms with Gasteiger partial charge in [-0.05, 0) is 0 Å². The molecule has 1 heterocycles. The minimum absolute atomic E-state index is 0.595. The average Bonchev–Trinajstić information content (AvgIpc) is 3.22. The predicted molar refractivity (Wildman–Crippen MR) is 138 cm³/mol. The first-order valence-electron chi connectivity index (χ1n) is 10.1. The number of halogens is 2. The molecule has 0 bridgehead atoms. The Hall–Kier alpha value is -2.45. The van der Waals surface area contributed by atoms with Gasteiger partial charge in [0.25, 0.3) is 0 Å². The van der Waals surface area contributed by atoms with Crippen LogP contribution in [0.5, 0.6) is 0 Å². The van der Waals surface area contributed by atoms with Crippen molar-refractivity contribution in [2.75, 3.05) is 0 Å². The summed E-state index contributed by atoms with van der Waals surface area (Å²) >= 11 is 11.7. The molecule has 4 aromatic carbocycles. The van der Waals surface area contributed by atoms with E-state index in [1.54, 1.807) is 0 Å². The molecule has 1 N–H and O–H groups in total. The van der Waals surface area contributed by atoms with Crippen LogP contribution in [0.3, 0.4) is 0 Å². The third-order valence-electron chi connectivity index (χ3n) is 5.82. The fourth-order valence-electron chi connectivity index (χ4n) is 4.33. The molecule has 0 amide bonds. The van der Waals surface area contributed by atoms with Gasteiger partial charge in [0.15, 0.2) is 0 Å². The molecule has 0 saturated heterocycles. The predicted octanol–water partition coefficient (Wildman–Crippen LogP) is 6.51. The van der Waals surface area contributed by atoms with Crippen LogP contribution in [0.4, 0.5) is 0 Å². The van der Waals surface area contributed by atoms with Gasteiger partial charge in [0.1, 0.15) is 0 Å². The average molecular weight is 508 g/mol. The summed E-state index contributed by atoms with van der Waals surface area (Å²) in [6.45, 7) is 0. The number of H-pyrrole nitrogens is 1. The quantitative estimate of drug-likeness (QED) is 0.270. The topological polar surface area (TPSA) is 28.7 Å². The van der Waals surface area contributed by atoms with Crippen LogP contribution in [0.1, 0.15) is 5.82 Å². The number of rotatable bonds is 5. The molecule has 31 heavy (non-hydrogen) atoms. The van der Waals surface area contributed by atoms with Gasteiger partial charge in [-0.15, -0.1) is 0 Å². The van der Waals surface area contributed by atoms with Crippen molar-refractivity contribution in [2.24, 2.45) is 0 Å². The fourth-order valence-corrected chi connectivity index (χ4v) is 10.6. The molecule has 2 nitrogen and oxygen atoms in total. The number of hydrogen-bond acceptors (Lipinski definition) is 1. The Labute approximate surface area is 195 Å².